The largest absolute Gasteiger partial charge is 0.378 e. The molecule has 1 aliphatic heterocycles. The summed E-state index contributed by atoms with van der Waals surface area (Å²) in [6.07, 6.45) is 13.0. The van der Waals surface area contributed by atoms with Gasteiger partial charge < -0.3 is 10.1 Å². The smallest absolute Gasteiger partial charge is 0.0576 e. The monoisotopic (exact) mass is 253 g/mol. The van der Waals surface area contributed by atoms with E-state index in [1.165, 1.54) is 64.3 Å². The molecule has 0 radical (unpaired) electrons. The fraction of sp³-hybridized carbons (Fsp3) is 1.00. The molecule has 106 valence electrons. The van der Waals surface area contributed by atoms with Gasteiger partial charge in [0.25, 0.3) is 0 Å². The quantitative estimate of drug-likeness (QED) is 0.743. The van der Waals surface area contributed by atoms with Crippen molar-refractivity contribution in [1.82, 2.24) is 5.32 Å². The van der Waals surface area contributed by atoms with Gasteiger partial charge in [0.15, 0.2) is 0 Å². The van der Waals surface area contributed by atoms with E-state index in [1.807, 2.05) is 0 Å². The Balaban J connectivity index is 1.71. The third-order valence-electron chi connectivity index (χ3n) is 4.81. The van der Waals surface area contributed by atoms with Gasteiger partial charge in [-0.05, 0) is 43.9 Å². The molecular weight excluding hydrogens is 222 g/mol. The highest BCUT2D eigenvalue weighted by molar-refractivity contribution is 4.87. The average molecular weight is 253 g/mol. The zero-order chi connectivity index (χ0) is 12.8. The van der Waals surface area contributed by atoms with Crippen LogP contribution in [0.2, 0.25) is 0 Å². The van der Waals surface area contributed by atoms with Crippen LogP contribution in [0, 0.1) is 5.41 Å². The molecule has 18 heavy (non-hydrogen) atoms. The van der Waals surface area contributed by atoms with Crippen molar-refractivity contribution in [3.63, 3.8) is 0 Å². The molecule has 2 nitrogen and oxygen atoms in total. The Morgan fingerprint density at radius 2 is 2.00 bits per heavy atom. The Bertz CT molecular complexity index is 227. The summed E-state index contributed by atoms with van der Waals surface area (Å²) in [6, 6.07) is 0.626. The van der Waals surface area contributed by atoms with Gasteiger partial charge in [0.05, 0.1) is 6.10 Å². The van der Waals surface area contributed by atoms with Gasteiger partial charge in [-0.3, -0.25) is 0 Å². The molecule has 1 heterocycles. The molecule has 1 aliphatic carbocycles. The highest BCUT2D eigenvalue weighted by atomic mass is 16.5. The lowest BCUT2D eigenvalue weighted by Crippen LogP contribution is -2.36. The van der Waals surface area contributed by atoms with Gasteiger partial charge in [0.2, 0.25) is 0 Å². The standard InChI is InChI=1S/C16H31NO/c1-14(2)17-13-16(9-3-4-10-16)11-5-7-15-8-6-12-18-15/h14-15,17H,3-13H2,1-2H3. The van der Waals surface area contributed by atoms with Crippen LogP contribution >= 0.6 is 0 Å². The number of hydrogen-bond acceptors (Lipinski definition) is 2. The predicted molar refractivity (Wildman–Crippen MR) is 76.9 cm³/mol. The van der Waals surface area contributed by atoms with E-state index < -0.39 is 0 Å². The van der Waals surface area contributed by atoms with Crippen molar-refractivity contribution in [3.8, 4) is 0 Å². The third kappa shape index (κ3) is 4.24. The minimum atomic E-state index is 0.585. The summed E-state index contributed by atoms with van der Waals surface area (Å²) >= 11 is 0. The molecule has 0 spiro atoms. The van der Waals surface area contributed by atoms with Gasteiger partial charge in [-0.2, -0.15) is 0 Å². The van der Waals surface area contributed by atoms with E-state index in [0.29, 0.717) is 17.6 Å². The van der Waals surface area contributed by atoms with Crippen molar-refractivity contribution in [1.29, 1.82) is 0 Å². The Labute approximate surface area is 113 Å². The summed E-state index contributed by atoms with van der Waals surface area (Å²) in [6.45, 7) is 6.75. The van der Waals surface area contributed by atoms with Crippen LogP contribution in [0.1, 0.15) is 71.6 Å². The third-order valence-corrected chi connectivity index (χ3v) is 4.81. The summed E-state index contributed by atoms with van der Waals surface area (Å²) in [5.41, 5.74) is 0.614. The van der Waals surface area contributed by atoms with Crippen LogP contribution in [0.5, 0.6) is 0 Å². The van der Waals surface area contributed by atoms with E-state index in [9.17, 15) is 0 Å². The molecular formula is C16H31NO. The van der Waals surface area contributed by atoms with E-state index in [4.69, 9.17) is 4.74 Å². The normalized spacial score (nSPS) is 27.2. The van der Waals surface area contributed by atoms with Crippen molar-refractivity contribution >= 4 is 0 Å². The second-order valence-corrected chi connectivity index (χ2v) is 6.77. The lowest BCUT2D eigenvalue weighted by atomic mass is 9.80. The van der Waals surface area contributed by atoms with Gasteiger partial charge in [-0.1, -0.05) is 33.1 Å². The highest BCUT2D eigenvalue weighted by Crippen LogP contribution is 2.42. The predicted octanol–water partition coefficient (Wildman–Crippen LogP) is 3.89. The van der Waals surface area contributed by atoms with E-state index in [0.717, 1.165) is 6.61 Å². The van der Waals surface area contributed by atoms with E-state index in [1.54, 1.807) is 0 Å². The lowest BCUT2D eigenvalue weighted by molar-refractivity contribution is 0.0970. The molecule has 0 aromatic heterocycles. The van der Waals surface area contributed by atoms with Crippen molar-refractivity contribution < 1.29 is 4.74 Å². The minimum absolute atomic E-state index is 0.585. The van der Waals surface area contributed by atoms with Crippen LogP contribution in [-0.2, 0) is 4.74 Å². The first kappa shape index (κ1) is 14.3. The van der Waals surface area contributed by atoms with Crippen LogP contribution in [0.3, 0.4) is 0 Å². The summed E-state index contributed by atoms with van der Waals surface area (Å²) in [5, 5.41) is 3.68. The number of ether oxygens (including phenoxy) is 1. The van der Waals surface area contributed by atoms with Crippen LogP contribution in [0.4, 0.5) is 0 Å². The molecule has 1 saturated heterocycles. The van der Waals surface area contributed by atoms with Crippen molar-refractivity contribution in [2.45, 2.75) is 83.8 Å². The molecule has 1 unspecified atom stereocenters. The van der Waals surface area contributed by atoms with Crippen molar-refractivity contribution in [2.75, 3.05) is 13.2 Å². The zero-order valence-electron chi connectivity index (χ0n) is 12.3. The lowest BCUT2D eigenvalue weighted by Gasteiger charge is -2.31. The maximum absolute atomic E-state index is 5.73. The maximum Gasteiger partial charge on any atom is 0.0576 e. The number of nitrogens with one attached hydrogen (secondary N) is 1. The fourth-order valence-electron chi connectivity index (χ4n) is 3.64. The second kappa shape index (κ2) is 6.91. The molecule has 0 aromatic carbocycles. The van der Waals surface area contributed by atoms with Gasteiger partial charge >= 0.3 is 0 Å². The van der Waals surface area contributed by atoms with Crippen LogP contribution in [0.15, 0.2) is 0 Å². The maximum atomic E-state index is 5.73. The summed E-state index contributed by atoms with van der Waals surface area (Å²) < 4.78 is 5.73. The van der Waals surface area contributed by atoms with Crippen LogP contribution < -0.4 is 5.32 Å². The number of rotatable bonds is 7. The highest BCUT2D eigenvalue weighted by Gasteiger charge is 2.33. The fourth-order valence-corrected chi connectivity index (χ4v) is 3.64. The van der Waals surface area contributed by atoms with Crippen molar-refractivity contribution in [3.05, 3.63) is 0 Å². The van der Waals surface area contributed by atoms with Crippen LogP contribution in [0.25, 0.3) is 0 Å². The van der Waals surface area contributed by atoms with E-state index in [2.05, 4.69) is 19.2 Å². The Kier molecular flexibility index (Phi) is 5.50. The van der Waals surface area contributed by atoms with Gasteiger partial charge in [-0.25, -0.2) is 0 Å². The first-order chi connectivity index (χ1) is 8.70. The van der Waals surface area contributed by atoms with Crippen molar-refractivity contribution in [2.24, 2.45) is 5.41 Å². The zero-order valence-corrected chi connectivity index (χ0v) is 12.3. The molecule has 0 bridgehead atoms. The topological polar surface area (TPSA) is 21.3 Å². The van der Waals surface area contributed by atoms with E-state index in [-0.39, 0.29) is 0 Å². The van der Waals surface area contributed by atoms with Gasteiger partial charge in [0, 0.05) is 19.2 Å². The molecule has 1 N–H and O–H groups in total. The Morgan fingerprint density at radius 1 is 1.22 bits per heavy atom. The summed E-state index contributed by atoms with van der Waals surface area (Å²) in [7, 11) is 0. The summed E-state index contributed by atoms with van der Waals surface area (Å²) in [4.78, 5) is 0. The summed E-state index contributed by atoms with van der Waals surface area (Å²) in [5.74, 6) is 0. The van der Waals surface area contributed by atoms with Gasteiger partial charge in [0.1, 0.15) is 0 Å². The molecule has 2 heteroatoms. The molecule has 0 aromatic rings. The minimum Gasteiger partial charge on any atom is -0.378 e. The first-order valence-electron chi connectivity index (χ1n) is 8.05. The molecule has 0 amide bonds. The van der Waals surface area contributed by atoms with E-state index >= 15 is 0 Å². The van der Waals surface area contributed by atoms with Gasteiger partial charge in [-0.15, -0.1) is 0 Å². The average Bonchev–Trinajstić information content (AvgIpc) is 2.98. The first-order valence-corrected chi connectivity index (χ1v) is 8.05. The molecule has 2 rings (SSSR count). The molecule has 2 aliphatic rings. The molecule has 1 saturated carbocycles. The molecule has 2 fully saturated rings. The molecule has 1 atom stereocenters. The number of hydrogen-bond donors (Lipinski definition) is 1. The van der Waals surface area contributed by atoms with Crippen LogP contribution in [-0.4, -0.2) is 25.3 Å². The Hall–Kier alpha value is -0.0800. The Morgan fingerprint density at radius 3 is 2.61 bits per heavy atom. The second-order valence-electron chi connectivity index (χ2n) is 6.77. The SMILES string of the molecule is CC(C)NCC1(CCCC2CCCO2)CCCC1.